The monoisotopic (exact) mass is 394 g/mol. The lowest BCUT2D eigenvalue weighted by Crippen LogP contribution is -2.56. The Balaban J connectivity index is 2.70. The van der Waals surface area contributed by atoms with Crippen LogP contribution in [0.5, 0.6) is 0 Å². The molecule has 0 bridgehead atoms. The fraction of sp³-hybridized carbons (Fsp3) is 0.286. The second-order valence-electron chi connectivity index (χ2n) is 4.48. The number of rotatable bonds is 3. The number of ether oxygens (including phenoxy) is 3. The van der Waals surface area contributed by atoms with Gasteiger partial charge in [-0.25, -0.2) is 9.59 Å². The van der Waals surface area contributed by atoms with Crippen molar-refractivity contribution < 1.29 is 37.0 Å². The molecule has 2 rings (SSSR count). The van der Waals surface area contributed by atoms with E-state index >= 15 is 0 Å². The van der Waals surface area contributed by atoms with Gasteiger partial charge in [-0.15, -0.1) is 0 Å². The third-order valence-electron chi connectivity index (χ3n) is 3.24. The third kappa shape index (κ3) is 2.58. The molecule has 0 spiro atoms. The maximum absolute atomic E-state index is 13.7. The lowest BCUT2D eigenvalue weighted by atomic mass is 9.80. The Morgan fingerprint density at radius 3 is 2.04 bits per heavy atom. The van der Waals surface area contributed by atoms with Crippen LogP contribution in [0.2, 0.25) is 0 Å². The first-order chi connectivity index (χ1) is 10.7. The number of hydrogen-bond donors (Lipinski definition) is 0. The minimum absolute atomic E-state index is 0.360. The van der Waals surface area contributed by atoms with E-state index in [-0.39, 0.29) is 5.56 Å². The molecule has 1 aliphatic rings. The van der Waals surface area contributed by atoms with Crippen molar-refractivity contribution in [1.82, 2.24) is 0 Å². The van der Waals surface area contributed by atoms with Crippen molar-refractivity contribution >= 4 is 27.9 Å². The highest BCUT2D eigenvalue weighted by molar-refractivity contribution is 9.10. The summed E-state index contributed by atoms with van der Waals surface area (Å²) < 4.78 is 55.1. The van der Waals surface area contributed by atoms with Crippen molar-refractivity contribution in [3.63, 3.8) is 0 Å². The zero-order valence-corrected chi connectivity index (χ0v) is 13.4. The summed E-state index contributed by atoms with van der Waals surface area (Å²) in [5.41, 5.74) is -4.38. The number of carbonyl (C=O) groups is 2. The van der Waals surface area contributed by atoms with E-state index in [2.05, 4.69) is 25.4 Å². The zero-order valence-electron chi connectivity index (χ0n) is 11.9. The standard InChI is InChI=1S/C14H10BrF3O5/c1-21-11(19)9-10(12(20)22-2)23-13(9,14(16,17)18)7-3-5-8(15)6-4-7/h3-6H,1-2H3/t13-/m1/s1. The molecule has 0 N–H and O–H groups in total. The van der Waals surface area contributed by atoms with Crippen LogP contribution in [0.1, 0.15) is 5.56 Å². The van der Waals surface area contributed by atoms with E-state index < -0.39 is 35.0 Å². The SMILES string of the molecule is COC(=O)C1=C(C(=O)OC)[C@](c2ccc(Br)cc2)(C(F)(F)F)O1. The van der Waals surface area contributed by atoms with E-state index in [9.17, 15) is 22.8 Å². The van der Waals surface area contributed by atoms with E-state index in [1.54, 1.807) is 0 Å². The zero-order chi connectivity index (χ0) is 17.4. The highest BCUT2D eigenvalue weighted by atomic mass is 79.9. The molecule has 0 saturated heterocycles. The molecule has 1 aromatic carbocycles. The molecule has 0 fully saturated rings. The molecule has 1 heterocycles. The van der Waals surface area contributed by atoms with E-state index in [0.717, 1.165) is 26.4 Å². The molecule has 0 saturated carbocycles. The smallest absolute Gasteiger partial charge is 0.437 e. The normalized spacial score (nSPS) is 20.4. The molecule has 1 aliphatic heterocycles. The molecule has 9 heteroatoms. The molecule has 0 aromatic heterocycles. The van der Waals surface area contributed by atoms with Gasteiger partial charge in [0.15, 0.2) is 0 Å². The first-order valence-electron chi connectivity index (χ1n) is 6.12. The molecule has 0 amide bonds. The van der Waals surface area contributed by atoms with Crippen molar-refractivity contribution in [2.75, 3.05) is 14.2 Å². The lowest BCUT2D eigenvalue weighted by Gasteiger charge is -2.44. The summed E-state index contributed by atoms with van der Waals surface area (Å²) in [5.74, 6) is -3.33. The number of benzene rings is 1. The Morgan fingerprint density at radius 1 is 1.09 bits per heavy atom. The van der Waals surface area contributed by atoms with Crippen LogP contribution in [0.25, 0.3) is 0 Å². The molecule has 23 heavy (non-hydrogen) atoms. The second kappa shape index (κ2) is 5.88. The molecule has 1 aromatic rings. The Labute approximate surface area is 137 Å². The van der Waals surface area contributed by atoms with Gasteiger partial charge < -0.3 is 14.2 Å². The van der Waals surface area contributed by atoms with Crippen molar-refractivity contribution in [3.05, 3.63) is 45.6 Å². The summed E-state index contributed by atoms with van der Waals surface area (Å²) in [6.07, 6.45) is -5.00. The van der Waals surface area contributed by atoms with Gasteiger partial charge in [0.2, 0.25) is 5.76 Å². The summed E-state index contributed by atoms with van der Waals surface area (Å²) in [7, 11) is 1.87. The molecule has 0 aliphatic carbocycles. The van der Waals surface area contributed by atoms with Gasteiger partial charge in [-0.05, 0) is 12.1 Å². The first kappa shape index (κ1) is 17.3. The maximum Gasteiger partial charge on any atom is 0.437 e. The lowest BCUT2D eigenvalue weighted by molar-refractivity contribution is -0.278. The van der Waals surface area contributed by atoms with Crippen molar-refractivity contribution in [2.45, 2.75) is 11.8 Å². The van der Waals surface area contributed by atoms with Crippen LogP contribution in [-0.4, -0.2) is 32.3 Å². The predicted octanol–water partition coefficient (Wildman–Crippen LogP) is 2.84. The van der Waals surface area contributed by atoms with Gasteiger partial charge in [0, 0.05) is 10.0 Å². The summed E-state index contributed by atoms with van der Waals surface area (Å²) in [6.45, 7) is 0. The summed E-state index contributed by atoms with van der Waals surface area (Å²) in [5, 5.41) is 0. The van der Waals surface area contributed by atoms with E-state index in [1.165, 1.54) is 12.1 Å². The molecule has 0 unspecified atom stereocenters. The van der Waals surface area contributed by atoms with Crippen LogP contribution >= 0.6 is 15.9 Å². The average Bonchev–Trinajstić information content (AvgIpc) is 2.46. The second-order valence-corrected chi connectivity index (χ2v) is 5.39. The van der Waals surface area contributed by atoms with Gasteiger partial charge in [0.25, 0.3) is 5.60 Å². The van der Waals surface area contributed by atoms with Gasteiger partial charge >= 0.3 is 18.1 Å². The number of alkyl halides is 3. The van der Waals surface area contributed by atoms with Crippen molar-refractivity contribution in [3.8, 4) is 0 Å². The minimum atomic E-state index is -5.00. The summed E-state index contributed by atoms with van der Waals surface area (Å²) in [4.78, 5) is 23.4. The number of methoxy groups -OCH3 is 2. The number of carbonyl (C=O) groups excluding carboxylic acids is 2. The van der Waals surface area contributed by atoms with Gasteiger partial charge in [0.1, 0.15) is 5.57 Å². The molecular formula is C14H10BrF3O5. The molecule has 1 atom stereocenters. The fourth-order valence-electron chi connectivity index (χ4n) is 2.19. The maximum atomic E-state index is 13.7. The Kier molecular flexibility index (Phi) is 4.43. The highest BCUT2D eigenvalue weighted by Gasteiger charge is 2.71. The highest BCUT2D eigenvalue weighted by Crippen LogP contribution is 2.56. The van der Waals surface area contributed by atoms with Gasteiger partial charge in [-0.1, -0.05) is 28.1 Å². The van der Waals surface area contributed by atoms with Gasteiger partial charge in [-0.2, -0.15) is 13.2 Å². The van der Waals surface area contributed by atoms with Crippen molar-refractivity contribution in [2.24, 2.45) is 0 Å². The molecule has 0 radical (unpaired) electrons. The van der Waals surface area contributed by atoms with E-state index in [4.69, 9.17) is 4.74 Å². The first-order valence-corrected chi connectivity index (χ1v) is 6.91. The van der Waals surface area contributed by atoms with Crippen LogP contribution < -0.4 is 0 Å². The Morgan fingerprint density at radius 2 is 1.61 bits per heavy atom. The average molecular weight is 395 g/mol. The molecule has 124 valence electrons. The largest absolute Gasteiger partial charge is 0.465 e. The van der Waals surface area contributed by atoms with Crippen LogP contribution in [0, 0.1) is 0 Å². The molecular weight excluding hydrogens is 385 g/mol. The van der Waals surface area contributed by atoms with Gasteiger partial charge in [-0.3, -0.25) is 0 Å². The van der Waals surface area contributed by atoms with Crippen LogP contribution in [0.15, 0.2) is 40.1 Å². The molecule has 5 nitrogen and oxygen atoms in total. The Bertz CT molecular complexity index is 681. The van der Waals surface area contributed by atoms with E-state index in [1.807, 2.05) is 0 Å². The number of halogens is 4. The van der Waals surface area contributed by atoms with Crippen molar-refractivity contribution in [1.29, 1.82) is 0 Å². The minimum Gasteiger partial charge on any atom is -0.465 e. The number of hydrogen-bond acceptors (Lipinski definition) is 5. The van der Waals surface area contributed by atoms with Crippen LogP contribution in [0.3, 0.4) is 0 Å². The topological polar surface area (TPSA) is 61.8 Å². The quantitative estimate of drug-likeness (QED) is 0.737. The van der Waals surface area contributed by atoms with Crippen LogP contribution in [-0.2, 0) is 29.4 Å². The third-order valence-corrected chi connectivity index (χ3v) is 3.77. The summed E-state index contributed by atoms with van der Waals surface area (Å²) >= 11 is 3.11. The number of esters is 2. The van der Waals surface area contributed by atoms with Gasteiger partial charge in [0.05, 0.1) is 14.2 Å². The summed E-state index contributed by atoms with van der Waals surface area (Å²) in [6, 6.07) is 4.98. The Hall–Kier alpha value is -2.03. The van der Waals surface area contributed by atoms with Crippen LogP contribution in [0.4, 0.5) is 13.2 Å². The fourth-order valence-corrected chi connectivity index (χ4v) is 2.46. The predicted molar refractivity (Wildman–Crippen MR) is 74.0 cm³/mol. The van der Waals surface area contributed by atoms with E-state index in [0.29, 0.717) is 4.47 Å².